The summed E-state index contributed by atoms with van der Waals surface area (Å²) >= 11 is 0. The third-order valence-electron chi connectivity index (χ3n) is 4.09. The number of morpholine rings is 1. The van der Waals surface area contributed by atoms with Gasteiger partial charge in [-0.25, -0.2) is 0 Å². The molecular formula is C17H27NO. The lowest BCUT2D eigenvalue weighted by molar-refractivity contribution is 0.0349. The van der Waals surface area contributed by atoms with Crippen LogP contribution in [0.4, 0.5) is 0 Å². The summed E-state index contributed by atoms with van der Waals surface area (Å²) in [5.41, 5.74) is 1.79. The molecule has 2 heteroatoms. The highest BCUT2D eigenvalue weighted by Crippen LogP contribution is 2.37. The predicted octanol–water partition coefficient (Wildman–Crippen LogP) is 3.54. The monoisotopic (exact) mass is 261 g/mol. The summed E-state index contributed by atoms with van der Waals surface area (Å²) in [6.07, 6.45) is 1.23. The van der Waals surface area contributed by atoms with Crippen LogP contribution in [0.25, 0.3) is 0 Å². The van der Waals surface area contributed by atoms with Crippen molar-refractivity contribution in [2.45, 2.75) is 33.1 Å². The molecule has 1 atom stereocenters. The Balaban J connectivity index is 1.99. The van der Waals surface area contributed by atoms with Crippen molar-refractivity contribution in [1.82, 2.24) is 4.90 Å². The molecule has 1 fully saturated rings. The third kappa shape index (κ3) is 4.32. The number of ether oxygens (including phenoxy) is 1. The van der Waals surface area contributed by atoms with Crippen LogP contribution in [0.5, 0.6) is 0 Å². The second-order valence-corrected chi connectivity index (χ2v) is 6.57. The third-order valence-corrected chi connectivity index (χ3v) is 4.09. The maximum absolute atomic E-state index is 5.42. The second-order valence-electron chi connectivity index (χ2n) is 6.57. The molecule has 2 rings (SSSR count). The lowest BCUT2D eigenvalue weighted by Gasteiger charge is -2.34. The van der Waals surface area contributed by atoms with Gasteiger partial charge in [0.2, 0.25) is 0 Å². The van der Waals surface area contributed by atoms with Crippen molar-refractivity contribution < 1.29 is 4.74 Å². The molecule has 0 aromatic heterocycles. The van der Waals surface area contributed by atoms with Gasteiger partial charge in [0.05, 0.1) is 13.2 Å². The van der Waals surface area contributed by atoms with Crippen molar-refractivity contribution in [2.24, 2.45) is 5.41 Å². The molecule has 106 valence electrons. The molecule has 0 N–H and O–H groups in total. The quantitative estimate of drug-likeness (QED) is 0.822. The van der Waals surface area contributed by atoms with E-state index < -0.39 is 0 Å². The lowest BCUT2D eigenvalue weighted by atomic mass is 9.74. The van der Waals surface area contributed by atoms with E-state index in [1.54, 1.807) is 0 Å². The molecule has 1 unspecified atom stereocenters. The fourth-order valence-corrected chi connectivity index (χ4v) is 2.92. The van der Waals surface area contributed by atoms with Crippen molar-refractivity contribution in [3.8, 4) is 0 Å². The van der Waals surface area contributed by atoms with E-state index in [1.165, 1.54) is 18.5 Å². The van der Waals surface area contributed by atoms with Gasteiger partial charge in [-0.2, -0.15) is 0 Å². The number of nitrogens with zero attached hydrogens (tertiary/aromatic N) is 1. The molecule has 0 saturated carbocycles. The summed E-state index contributed by atoms with van der Waals surface area (Å²) in [5.74, 6) is 0.622. The van der Waals surface area contributed by atoms with Crippen molar-refractivity contribution >= 4 is 0 Å². The summed E-state index contributed by atoms with van der Waals surface area (Å²) in [7, 11) is 0. The first-order valence-electron chi connectivity index (χ1n) is 7.42. The zero-order valence-electron chi connectivity index (χ0n) is 12.6. The van der Waals surface area contributed by atoms with Gasteiger partial charge in [-0.05, 0) is 29.9 Å². The first-order chi connectivity index (χ1) is 9.07. The Hall–Kier alpha value is -0.860. The van der Waals surface area contributed by atoms with Crippen LogP contribution in [0.1, 0.15) is 38.7 Å². The van der Waals surface area contributed by atoms with Gasteiger partial charge in [0, 0.05) is 13.1 Å². The maximum atomic E-state index is 5.42. The topological polar surface area (TPSA) is 12.5 Å². The zero-order valence-corrected chi connectivity index (χ0v) is 12.6. The maximum Gasteiger partial charge on any atom is 0.0594 e. The van der Waals surface area contributed by atoms with Crippen LogP contribution in [0, 0.1) is 5.41 Å². The normalized spacial score (nSPS) is 19.3. The average Bonchev–Trinajstić information content (AvgIpc) is 2.40. The first kappa shape index (κ1) is 14.5. The van der Waals surface area contributed by atoms with Gasteiger partial charge >= 0.3 is 0 Å². The zero-order chi connectivity index (χ0) is 13.7. The van der Waals surface area contributed by atoms with E-state index in [4.69, 9.17) is 4.74 Å². The van der Waals surface area contributed by atoms with Gasteiger partial charge in [0.25, 0.3) is 0 Å². The number of hydrogen-bond acceptors (Lipinski definition) is 2. The van der Waals surface area contributed by atoms with Gasteiger partial charge in [-0.15, -0.1) is 0 Å². The summed E-state index contributed by atoms with van der Waals surface area (Å²) in [6.45, 7) is 12.2. The Morgan fingerprint density at radius 3 is 2.32 bits per heavy atom. The Morgan fingerprint density at radius 2 is 1.74 bits per heavy atom. The highest BCUT2D eigenvalue weighted by molar-refractivity contribution is 5.21. The van der Waals surface area contributed by atoms with Crippen LogP contribution in [0.15, 0.2) is 30.3 Å². The van der Waals surface area contributed by atoms with Gasteiger partial charge in [0.1, 0.15) is 0 Å². The molecule has 0 radical (unpaired) electrons. The van der Waals surface area contributed by atoms with E-state index in [-0.39, 0.29) is 0 Å². The minimum absolute atomic E-state index is 0.313. The van der Waals surface area contributed by atoms with Crippen LogP contribution in [0.3, 0.4) is 0 Å². The molecule has 1 aromatic carbocycles. The van der Waals surface area contributed by atoms with Crippen molar-refractivity contribution in [1.29, 1.82) is 0 Å². The van der Waals surface area contributed by atoms with Crippen molar-refractivity contribution in [2.75, 3.05) is 32.8 Å². The standard InChI is InChI=1S/C17H27NO/c1-17(2,3)16(15-7-5-4-6-8-15)9-10-18-11-13-19-14-12-18/h4-8,16H,9-14H2,1-3H3. The van der Waals surface area contributed by atoms with Crippen molar-refractivity contribution in [3.05, 3.63) is 35.9 Å². The summed E-state index contributed by atoms with van der Waals surface area (Å²) in [4.78, 5) is 2.53. The molecule has 0 aliphatic carbocycles. The van der Waals surface area contributed by atoms with E-state index in [1.807, 2.05) is 0 Å². The molecule has 1 heterocycles. The Morgan fingerprint density at radius 1 is 1.11 bits per heavy atom. The van der Waals surface area contributed by atoms with E-state index in [0.29, 0.717) is 11.3 Å². The molecule has 1 saturated heterocycles. The molecule has 0 bridgehead atoms. The molecule has 1 aliphatic heterocycles. The molecule has 0 amide bonds. The van der Waals surface area contributed by atoms with Gasteiger partial charge in [0.15, 0.2) is 0 Å². The highest BCUT2D eigenvalue weighted by Gasteiger charge is 2.26. The molecule has 19 heavy (non-hydrogen) atoms. The van der Waals surface area contributed by atoms with Gasteiger partial charge in [-0.1, -0.05) is 51.1 Å². The Bertz CT molecular complexity index is 363. The van der Waals surface area contributed by atoms with Crippen LogP contribution in [0.2, 0.25) is 0 Å². The number of rotatable bonds is 4. The van der Waals surface area contributed by atoms with E-state index in [9.17, 15) is 0 Å². The van der Waals surface area contributed by atoms with E-state index >= 15 is 0 Å². The fraction of sp³-hybridized carbons (Fsp3) is 0.647. The van der Waals surface area contributed by atoms with Gasteiger partial charge < -0.3 is 4.74 Å². The smallest absolute Gasteiger partial charge is 0.0594 e. The predicted molar refractivity (Wildman–Crippen MR) is 80.5 cm³/mol. The van der Waals surface area contributed by atoms with Gasteiger partial charge in [-0.3, -0.25) is 4.90 Å². The number of hydrogen-bond donors (Lipinski definition) is 0. The molecule has 1 aromatic rings. The average molecular weight is 261 g/mol. The summed E-state index contributed by atoms with van der Waals surface area (Å²) in [6, 6.07) is 11.0. The van der Waals surface area contributed by atoms with Crippen LogP contribution >= 0.6 is 0 Å². The number of benzene rings is 1. The minimum atomic E-state index is 0.313. The Labute approximate surface area is 117 Å². The van der Waals surface area contributed by atoms with E-state index in [0.717, 1.165) is 26.3 Å². The summed E-state index contributed by atoms with van der Waals surface area (Å²) in [5, 5.41) is 0. The van der Waals surface area contributed by atoms with Crippen LogP contribution in [-0.4, -0.2) is 37.7 Å². The Kier molecular flexibility index (Phi) is 5.00. The minimum Gasteiger partial charge on any atom is -0.379 e. The van der Waals surface area contributed by atoms with E-state index in [2.05, 4.69) is 56.0 Å². The second kappa shape index (κ2) is 6.53. The van der Waals surface area contributed by atoms with Crippen LogP contribution in [-0.2, 0) is 4.74 Å². The largest absolute Gasteiger partial charge is 0.379 e. The molecule has 1 aliphatic rings. The summed E-state index contributed by atoms with van der Waals surface area (Å²) < 4.78 is 5.42. The molecule has 0 spiro atoms. The molecule has 2 nitrogen and oxygen atoms in total. The first-order valence-corrected chi connectivity index (χ1v) is 7.42. The molecular weight excluding hydrogens is 234 g/mol. The van der Waals surface area contributed by atoms with Crippen LogP contribution < -0.4 is 0 Å². The highest BCUT2D eigenvalue weighted by atomic mass is 16.5. The lowest BCUT2D eigenvalue weighted by Crippen LogP contribution is -2.38. The van der Waals surface area contributed by atoms with Crippen molar-refractivity contribution in [3.63, 3.8) is 0 Å². The SMILES string of the molecule is CC(C)(C)C(CCN1CCOCC1)c1ccccc1. The fourth-order valence-electron chi connectivity index (χ4n) is 2.92.